The number of nitrogens with one attached hydrogen (secondary N) is 1. The van der Waals surface area contributed by atoms with Crippen LogP contribution in [0.25, 0.3) is 10.8 Å². The highest BCUT2D eigenvalue weighted by Gasteiger charge is 2.28. The van der Waals surface area contributed by atoms with Gasteiger partial charge in [-0.2, -0.15) is 13.5 Å². The van der Waals surface area contributed by atoms with Crippen LogP contribution in [-0.2, 0) is 14.9 Å². The van der Waals surface area contributed by atoms with E-state index in [0.717, 1.165) is 10.8 Å². The van der Waals surface area contributed by atoms with E-state index in [2.05, 4.69) is 15.5 Å². The van der Waals surface area contributed by atoms with Gasteiger partial charge in [0.1, 0.15) is 10.6 Å². The molecule has 1 N–H and O–H groups in total. The van der Waals surface area contributed by atoms with E-state index in [1.807, 2.05) is 38.1 Å². The van der Waals surface area contributed by atoms with Crippen LogP contribution < -0.4 is 14.2 Å². The Balaban J connectivity index is 1.66. The predicted octanol–water partition coefficient (Wildman–Crippen LogP) is 4.34. The van der Waals surface area contributed by atoms with Gasteiger partial charge in [0.15, 0.2) is 10.9 Å². The van der Waals surface area contributed by atoms with Crippen LogP contribution in [0, 0.1) is 0 Å². The fourth-order valence-corrected chi connectivity index (χ4v) is 5.18. The summed E-state index contributed by atoms with van der Waals surface area (Å²) in [5.41, 5.74) is 0.457. The van der Waals surface area contributed by atoms with Crippen LogP contribution in [0.1, 0.15) is 25.8 Å². The number of amides is 1. The summed E-state index contributed by atoms with van der Waals surface area (Å²) in [6, 6.07) is 16.9. The molecular formula is C24H23N3O5S2. The maximum atomic E-state index is 13.0. The minimum absolute atomic E-state index is 0.00270. The normalized spacial score (nSPS) is 17.4. The highest BCUT2D eigenvalue weighted by Crippen LogP contribution is 2.30. The van der Waals surface area contributed by atoms with E-state index in [1.165, 1.54) is 30.1 Å². The zero-order valence-electron chi connectivity index (χ0n) is 18.6. The number of hydrogen-bond acceptors (Lipinski definition) is 8. The van der Waals surface area contributed by atoms with Crippen molar-refractivity contribution in [2.24, 2.45) is 10.2 Å². The summed E-state index contributed by atoms with van der Waals surface area (Å²) in [5.74, 6) is 0.587. The van der Waals surface area contributed by atoms with Crippen LogP contribution in [0.3, 0.4) is 0 Å². The Hall–Kier alpha value is -3.37. The smallest absolute Gasteiger partial charge is 0.339 e. The predicted molar refractivity (Wildman–Crippen MR) is 134 cm³/mol. The van der Waals surface area contributed by atoms with Gasteiger partial charge in [0.05, 0.1) is 18.1 Å². The third kappa shape index (κ3) is 5.23. The molecule has 4 rings (SSSR count). The number of nitrogens with zero attached hydrogens (tertiary/aromatic N) is 2. The zero-order chi connectivity index (χ0) is 24.1. The summed E-state index contributed by atoms with van der Waals surface area (Å²) in [6.45, 7) is 4.25. The lowest BCUT2D eigenvalue weighted by molar-refractivity contribution is -0.118. The van der Waals surface area contributed by atoms with E-state index in [4.69, 9.17) is 8.92 Å². The van der Waals surface area contributed by atoms with Gasteiger partial charge < -0.3 is 14.2 Å². The lowest BCUT2D eigenvalue weighted by atomic mass is 10.0. The number of carbonyl (C=O) groups is 1. The van der Waals surface area contributed by atoms with Crippen molar-refractivity contribution in [2.45, 2.75) is 30.4 Å². The van der Waals surface area contributed by atoms with E-state index in [-0.39, 0.29) is 21.8 Å². The van der Waals surface area contributed by atoms with Crippen molar-refractivity contribution in [1.82, 2.24) is 5.32 Å². The summed E-state index contributed by atoms with van der Waals surface area (Å²) < 4.78 is 36.8. The summed E-state index contributed by atoms with van der Waals surface area (Å²) >= 11 is 1.31. The van der Waals surface area contributed by atoms with Crippen LogP contribution in [0.2, 0.25) is 0 Å². The molecule has 1 aliphatic heterocycles. The van der Waals surface area contributed by atoms with Crippen molar-refractivity contribution in [3.8, 4) is 11.5 Å². The number of ether oxygens (including phenoxy) is 1. The number of rotatable bonds is 8. The average Bonchev–Trinajstić information content (AvgIpc) is 3.20. The number of hydrogen-bond donors (Lipinski definition) is 1. The first-order valence-electron chi connectivity index (χ1n) is 10.7. The van der Waals surface area contributed by atoms with Gasteiger partial charge >= 0.3 is 10.1 Å². The fraction of sp³-hybridized carbons (Fsp3) is 0.208. The highest BCUT2D eigenvalue weighted by atomic mass is 32.2. The average molecular weight is 498 g/mol. The molecule has 0 spiro atoms. The largest absolute Gasteiger partial charge is 0.494 e. The molecule has 3 aromatic carbocycles. The summed E-state index contributed by atoms with van der Waals surface area (Å²) in [7, 11) is -4.11. The molecule has 3 aromatic rings. The van der Waals surface area contributed by atoms with E-state index < -0.39 is 10.1 Å². The van der Waals surface area contributed by atoms with Crippen LogP contribution in [0.5, 0.6) is 11.5 Å². The molecule has 1 aliphatic rings. The van der Waals surface area contributed by atoms with Gasteiger partial charge in [-0.25, -0.2) is 0 Å². The third-order valence-electron chi connectivity index (χ3n) is 5.04. The number of benzene rings is 3. The molecule has 34 heavy (non-hydrogen) atoms. The molecule has 0 unspecified atom stereocenters. The van der Waals surface area contributed by atoms with Gasteiger partial charge in [0.2, 0.25) is 5.91 Å². The van der Waals surface area contributed by atoms with Crippen molar-refractivity contribution in [2.75, 3.05) is 6.61 Å². The molecule has 0 radical (unpaired) electrons. The maximum absolute atomic E-state index is 13.0. The second-order valence-electron chi connectivity index (χ2n) is 7.29. The zero-order valence-corrected chi connectivity index (χ0v) is 20.2. The molecule has 1 amide bonds. The van der Waals surface area contributed by atoms with Gasteiger partial charge in [0, 0.05) is 5.56 Å². The minimum Gasteiger partial charge on any atom is -0.494 e. The summed E-state index contributed by atoms with van der Waals surface area (Å²) in [4.78, 5) is 11.9. The Bertz CT molecular complexity index is 1370. The van der Waals surface area contributed by atoms with E-state index in [9.17, 15) is 13.2 Å². The van der Waals surface area contributed by atoms with Crippen LogP contribution in [0.4, 0.5) is 0 Å². The summed E-state index contributed by atoms with van der Waals surface area (Å²) in [6.07, 6.45) is 2.12. The second-order valence-corrected chi connectivity index (χ2v) is 10.0. The first kappa shape index (κ1) is 23.8. The standard InChI is InChI=1S/C24H23N3O5S2/c1-3-22-23(28)26-24(33-22)27-25-15-20-19-8-6-5-7-16(19)9-14-21(20)32-34(29,30)18-12-10-17(11-13-18)31-4-2/h5-15,22H,3-4H2,1-2H3,(H,26,27,28)/t22-/m1/s1. The van der Waals surface area contributed by atoms with Crippen molar-refractivity contribution < 1.29 is 22.1 Å². The van der Waals surface area contributed by atoms with Crippen molar-refractivity contribution in [1.29, 1.82) is 0 Å². The molecule has 0 aliphatic carbocycles. The molecule has 8 nitrogen and oxygen atoms in total. The number of carbonyl (C=O) groups excluding carboxylic acids is 1. The number of thioether (sulfide) groups is 1. The van der Waals surface area contributed by atoms with Crippen molar-refractivity contribution in [3.05, 3.63) is 66.2 Å². The Labute approximate surface area is 202 Å². The van der Waals surface area contributed by atoms with Gasteiger partial charge in [-0.05, 0) is 54.4 Å². The lowest BCUT2D eigenvalue weighted by Crippen LogP contribution is -2.24. The number of amidine groups is 1. The second kappa shape index (κ2) is 10.3. The van der Waals surface area contributed by atoms with Gasteiger partial charge in [-0.1, -0.05) is 49.0 Å². The highest BCUT2D eigenvalue weighted by molar-refractivity contribution is 8.15. The van der Waals surface area contributed by atoms with Crippen LogP contribution >= 0.6 is 11.8 Å². The third-order valence-corrected chi connectivity index (χ3v) is 7.52. The molecule has 1 fully saturated rings. The molecule has 0 bridgehead atoms. The molecule has 1 heterocycles. The Morgan fingerprint density at radius 2 is 1.82 bits per heavy atom. The first-order valence-corrected chi connectivity index (χ1v) is 13.0. The van der Waals surface area contributed by atoms with Crippen molar-refractivity contribution >= 4 is 49.9 Å². The Kier molecular flexibility index (Phi) is 7.18. The molecular weight excluding hydrogens is 474 g/mol. The maximum Gasteiger partial charge on any atom is 0.339 e. The lowest BCUT2D eigenvalue weighted by Gasteiger charge is -2.12. The van der Waals surface area contributed by atoms with Gasteiger partial charge in [-0.15, -0.1) is 5.10 Å². The van der Waals surface area contributed by atoms with Crippen molar-refractivity contribution in [3.63, 3.8) is 0 Å². The number of fused-ring (bicyclic) bond motifs is 1. The molecule has 10 heteroatoms. The fourth-order valence-electron chi connectivity index (χ4n) is 3.38. The van der Waals surface area contributed by atoms with Crippen LogP contribution in [0.15, 0.2) is 75.8 Å². The monoisotopic (exact) mass is 497 g/mol. The van der Waals surface area contributed by atoms with E-state index in [0.29, 0.717) is 29.5 Å². The van der Waals surface area contributed by atoms with Gasteiger partial charge in [-0.3, -0.25) is 4.79 Å². The van der Waals surface area contributed by atoms with E-state index in [1.54, 1.807) is 24.3 Å². The quantitative estimate of drug-likeness (QED) is 0.282. The molecule has 176 valence electrons. The summed E-state index contributed by atoms with van der Waals surface area (Å²) in [5, 5.41) is 12.7. The SMILES string of the molecule is CCOc1ccc(S(=O)(=O)Oc2ccc3ccccc3c2C=NN=C2NC(=O)[C@@H](CC)S2)cc1. The van der Waals surface area contributed by atoms with Crippen LogP contribution in [-0.4, -0.2) is 37.6 Å². The topological polar surface area (TPSA) is 106 Å². The Morgan fingerprint density at radius 3 is 2.53 bits per heavy atom. The first-order chi connectivity index (χ1) is 16.4. The molecule has 1 saturated heterocycles. The molecule has 0 saturated carbocycles. The Morgan fingerprint density at radius 1 is 1.06 bits per heavy atom. The molecule has 1 atom stereocenters. The minimum atomic E-state index is -4.11. The molecule has 0 aromatic heterocycles. The van der Waals surface area contributed by atoms with E-state index >= 15 is 0 Å². The van der Waals surface area contributed by atoms with Gasteiger partial charge in [0.25, 0.3) is 0 Å².